The Morgan fingerprint density at radius 3 is 2.50 bits per heavy atom. The molecule has 1 aliphatic heterocycles. The number of anilines is 1. The molecule has 7 nitrogen and oxygen atoms in total. The number of fused-ring (bicyclic) bond motifs is 1. The first-order valence-corrected chi connectivity index (χ1v) is 12.3. The fourth-order valence-corrected chi connectivity index (χ4v) is 4.78. The van der Waals surface area contributed by atoms with Gasteiger partial charge in [-0.25, -0.2) is 4.98 Å². The van der Waals surface area contributed by atoms with Crippen molar-refractivity contribution in [3.8, 4) is 5.75 Å². The van der Waals surface area contributed by atoms with Crippen LogP contribution in [0, 0.1) is 0 Å². The lowest BCUT2D eigenvalue weighted by Gasteiger charge is -2.23. The molecule has 0 spiro atoms. The average molecular weight is 463 g/mol. The number of rotatable bonds is 10. The van der Waals surface area contributed by atoms with E-state index in [1.807, 2.05) is 64.9 Å². The first kappa shape index (κ1) is 23.8. The van der Waals surface area contributed by atoms with Gasteiger partial charge in [0.2, 0.25) is 11.8 Å². The lowest BCUT2D eigenvalue weighted by Crippen LogP contribution is -2.35. The van der Waals surface area contributed by atoms with Crippen molar-refractivity contribution in [1.82, 2.24) is 14.5 Å². The molecule has 1 fully saturated rings. The third-order valence-electron chi connectivity index (χ3n) is 6.26. The molecule has 0 bridgehead atoms. The summed E-state index contributed by atoms with van der Waals surface area (Å²) in [5, 5.41) is 0. The minimum atomic E-state index is -0.104. The van der Waals surface area contributed by atoms with Crippen molar-refractivity contribution < 1.29 is 14.3 Å². The van der Waals surface area contributed by atoms with Crippen molar-refractivity contribution in [2.45, 2.75) is 52.5 Å². The molecule has 0 saturated carbocycles. The van der Waals surface area contributed by atoms with Crippen LogP contribution in [0.1, 0.15) is 51.8 Å². The van der Waals surface area contributed by atoms with Crippen molar-refractivity contribution in [3.63, 3.8) is 0 Å². The monoisotopic (exact) mass is 462 g/mol. The Morgan fingerprint density at radius 1 is 1.06 bits per heavy atom. The molecule has 0 N–H and O–H groups in total. The summed E-state index contributed by atoms with van der Waals surface area (Å²) in [7, 11) is 0. The van der Waals surface area contributed by atoms with Crippen molar-refractivity contribution >= 4 is 28.5 Å². The number of nitrogens with zero attached hydrogens (tertiary/aromatic N) is 4. The molecule has 0 aliphatic carbocycles. The first-order valence-electron chi connectivity index (χ1n) is 12.3. The Kier molecular flexibility index (Phi) is 7.50. The summed E-state index contributed by atoms with van der Waals surface area (Å²) in [5.41, 5.74) is 2.57. The molecule has 3 aromatic rings. The highest BCUT2D eigenvalue weighted by Crippen LogP contribution is 2.37. The van der Waals surface area contributed by atoms with Crippen LogP contribution < -0.4 is 9.64 Å². The summed E-state index contributed by atoms with van der Waals surface area (Å²) in [6.07, 6.45) is 2.20. The number of carbonyl (C=O) groups excluding carboxylic acids is 2. The van der Waals surface area contributed by atoms with Gasteiger partial charge in [-0.3, -0.25) is 9.59 Å². The van der Waals surface area contributed by atoms with Gasteiger partial charge in [-0.05, 0) is 44.0 Å². The SMILES string of the molecule is CCCN(CCC)C(=O)Cn1c(C2CC(=O)N(c3ccccc3OCC)C2)nc2ccccc21. The summed E-state index contributed by atoms with van der Waals surface area (Å²) in [4.78, 5) is 35.0. The second kappa shape index (κ2) is 10.7. The van der Waals surface area contributed by atoms with E-state index in [9.17, 15) is 9.59 Å². The summed E-state index contributed by atoms with van der Waals surface area (Å²) in [6, 6.07) is 15.5. The third kappa shape index (κ3) is 4.79. The molecular formula is C27H34N4O3. The molecule has 0 radical (unpaired) electrons. The second-order valence-corrected chi connectivity index (χ2v) is 8.73. The van der Waals surface area contributed by atoms with E-state index in [2.05, 4.69) is 13.8 Å². The minimum Gasteiger partial charge on any atom is -0.492 e. The van der Waals surface area contributed by atoms with E-state index in [1.54, 1.807) is 4.90 Å². The van der Waals surface area contributed by atoms with E-state index in [-0.39, 0.29) is 24.3 Å². The van der Waals surface area contributed by atoms with Gasteiger partial charge in [0.05, 0.1) is 23.3 Å². The van der Waals surface area contributed by atoms with Crippen molar-refractivity contribution in [3.05, 3.63) is 54.4 Å². The molecule has 2 heterocycles. The van der Waals surface area contributed by atoms with E-state index in [0.29, 0.717) is 25.3 Å². The highest BCUT2D eigenvalue weighted by Gasteiger charge is 2.36. The molecular weight excluding hydrogens is 428 g/mol. The molecule has 1 aliphatic rings. The highest BCUT2D eigenvalue weighted by molar-refractivity contribution is 5.98. The predicted molar refractivity (Wildman–Crippen MR) is 134 cm³/mol. The highest BCUT2D eigenvalue weighted by atomic mass is 16.5. The third-order valence-corrected chi connectivity index (χ3v) is 6.26. The Labute approximate surface area is 201 Å². The van der Waals surface area contributed by atoms with E-state index < -0.39 is 0 Å². The number of benzene rings is 2. The van der Waals surface area contributed by atoms with Gasteiger partial charge in [-0.15, -0.1) is 0 Å². The molecule has 1 aromatic heterocycles. The largest absolute Gasteiger partial charge is 0.492 e. The molecule has 34 heavy (non-hydrogen) atoms. The van der Waals surface area contributed by atoms with Gasteiger partial charge in [-0.1, -0.05) is 38.1 Å². The zero-order valence-corrected chi connectivity index (χ0v) is 20.4. The van der Waals surface area contributed by atoms with Gasteiger partial charge in [0.1, 0.15) is 18.1 Å². The van der Waals surface area contributed by atoms with Crippen LogP contribution in [0.4, 0.5) is 5.69 Å². The van der Waals surface area contributed by atoms with Gasteiger partial charge < -0.3 is 19.1 Å². The fraction of sp³-hybridized carbons (Fsp3) is 0.444. The Balaban J connectivity index is 1.66. The van der Waals surface area contributed by atoms with Crippen molar-refractivity contribution in [2.24, 2.45) is 0 Å². The second-order valence-electron chi connectivity index (χ2n) is 8.73. The van der Waals surface area contributed by atoms with Crippen LogP contribution in [0.15, 0.2) is 48.5 Å². The van der Waals surface area contributed by atoms with Crippen LogP contribution in [-0.2, 0) is 16.1 Å². The number of hydrogen-bond acceptors (Lipinski definition) is 4. The van der Waals surface area contributed by atoms with Gasteiger partial charge >= 0.3 is 0 Å². The summed E-state index contributed by atoms with van der Waals surface area (Å²) >= 11 is 0. The van der Waals surface area contributed by atoms with Crippen molar-refractivity contribution in [2.75, 3.05) is 31.1 Å². The molecule has 4 rings (SSSR count). The molecule has 7 heteroatoms. The Morgan fingerprint density at radius 2 is 1.76 bits per heavy atom. The maximum absolute atomic E-state index is 13.3. The van der Waals surface area contributed by atoms with Crippen LogP contribution in [0.2, 0.25) is 0 Å². The maximum atomic E-state index is 13.3. The number of carbonyl (C=O) groups is 2. The van der Waals surface area contributed by atoms with E-state index in [0.717, 1.165) is 48.5 Å². The molecule has 1 unspecified atom stereocenters. The molecule has 2 amide bonds. The zero-order valence-electron chi connectivity index (χ0n) is 20.4. The lowest BCUT2D eigenvalue weighted by molar-refractivity contribution is -0.131. The van der Waals surface area contributed by atoms with E-state index in [4.69, 9.17) is 9.72 Å². The first-order chi connectivity index (χ1) is 16.6. The van der Waals surface area contributed by atoms with Gasteiger partial charge in [-0.2, -0.15) is 0 Å². The number of ether oxygens (including phenoxy) is 1. The average Bonchev–Trinajstić information content (AvgIpc) is 3.40. The normalized spacial score (nSPS) is 15.8. The van der Waals surface area contributed by atoms with Gasteiger partial charge in [0, 0.05) is 32.0 Å². The zero-order chi connectivity index (χ0) is 24.1. The summed E-state index contributed by atoms with van der Waals surface area (Å²) < 4.78 is 7.79. The lowest BCUT2D eigenvalue weighted by atomic mass is 10.1. The molecule has 1 saturated heterocycles. The number of aromatic nitrogens is 2. The number of amides is 2. The van der Waals surface area contributed by atoms with Crippen LogP contribution in [0.5, 0.6) is 5.75 Å². The van der Waals surface area contributed by atoms with E-state index >= 15 is 0 Å². The van der Waals surface area contributed by atoms with Gasteiger partial charge in [0.15, 0.2) is 0 Å². The van der Waals surface area contributed by atoms with E-state index in [1.165, 1.54) is 0 Å². The Hall–Kier alpha value is -3.35. The predicted octanol–water partition coefficient (Wildman–Crippen LogP) is 4.60. The molecule has 1 atom stereocenters. The van der Waals surface area contributed by atoms with Crippen LogP contribution >= 0.6 is 0 Å². The number of imidazole rings is 1. The smallest absolute Gasteiger partial charge is 0.242 e. The summed E-state index contributed by atoms with van der Waals surface area (Å²) in [6.45, 7) is 8.89. The maximum Gasteiger partial charge on any atom is 0.242 e. The molecule has 180 valence electrons. The minimum absolute atomic E-state index is 0.0423. The van der Waals surface area contributed by atoms with Crippen LogP contribution in [0.25, 0.3) is 11.0 Å². The van der Waals surface area contributed by atoms with Gasteiger partial charge in [0.25, 0.3) is 0 Å². The number of para-hydroxylation sites is 4. The van der Waals surface area contributed by atoms with Crippen molar-refractivity contribution in [1.29, 1.82) is 0 Å². The Bertz CT molecular complexity index is 1150. The fourth-order valence-electron chi connectivity index (χ4n) is 4.78. The molecule has 2 aromatic carbocycles. The number of hydrogen-bond donors (Lipinski definition) is 0. The topological polar surface area (TPSA) is 67.7 Å². The van der Waals surface area contributed by atoms with Crippen LogP contribution in [-0.4, -0.2) is 52.5 Å². The quantitative estimate of drug-likeness (QED) is 0.441. The standard InChI is InChI=1S/C27H34N4O3/c1-4-15-29(16-5-2)26(33)19-31-22-12-8-7-11-21(22)28-27(31)20-17-25(32)30(18-20)23-13-9-10-14-24(23)34-6-3/h7-14,20H,4-6,15-19H2,1-3H3. The van der Waals surface area contributed by atoms with Crippen LogP contribution in [0.3, 0.4) is 0 Å². The summed E-state index contributed by atoms with van der Waals surface area (Å²) in [5.74, 6) is 1.54.